The van der Waals surface area contributed by atoms with Gasteiger partial charge in [-0.15, -0.1) is 0 Å². The van der Waals surface area contributed by atoms with Crippen molar-refractivity contribution in [3.05, 3.63) is 65.7 Å². The molecule has 4 aromatic rings. The number of fused-ring (bicyclic) bond motifs is 1. The summed E-state index contributed by atoms with van der Waals surface area (Å²) >= 11 is 0. The maximum absolute atomic E-state index is 12.8. The van der Waals surface area contributed by atoms with Gasteiger partial charge in [0.2, 0.25) is 0 Å². The third-order valence-corrected chi connectivity index (χ3v) is 5.91. The van der Waals surface area contributed by atoms with Crippen molar-refractivity contribution in [1.29, 1.82) is 0 Å². The van der Waals surface area contributed by atoms with Crippen LogP contribution >= 0.6 is 0 Å². The summed E-state index contributed by atoms with van der Waals surface area (Å²) in [4.78, 5) is 21.9. The van der Waals surface area contributed by atoms with Gasteiger partial charge >= 0.3 is 0 Å². The van der Waals surface area contributed by atoms with Gasteiger partial charge in [0.15, 0.2) is 0 Å². The van der Waals surface area contributed by atoms with Crippen LogP contribution in [0.5, 0.6) is 0 Å². The van der Waals surface area contributed by atoms with Crippen molar-refractivity contribution in [1.82, 2.24) is 29.6 Å². The molecule has 0 spiro atoms. The zero-order valence-electron chi connectivity index (χ0n) is 17.5. The van der Waals surface area contributed by atoms with Crippen molar-refractivity contribution in [3.8, 4) is 11.4 Å². The molecule has 2 atom stereocenters. The first-order valence-electron chi connectivity index (χ1n) is 10.4. The van der Waals surface area contributed by atoms with Gasteiger partial charge in [-0.25, -0.2) is 4.98 Å². The molecule has 5 rings (SSSR count). The highest BCUT2D eigenvalue weighted by Gasteiger charge is 2.30. The Balaban J connectivity index is 1.44. The maximum Gasteiger partial charge on any atom is 0.270 e. The standard InChI is InChI=1S/C23H24N6O2/c1-28-9-7-16-15(11-14-3-4-17(24-13-14)18-8-10-29(2)27-18)12-20(25-22(16)28)23(31)26-19-5-6-21(19)30/h3-4,7-10,12-13,19,21,30H,5-6,11H2,1-2H3,(H,26,31)/t19-,21-/m0/s1. The molecule has 2 N–H and O–H groups in total. The van der Waals surface area contributed by atoms with Crippen LogP contribution in [0.15, 0.2) is 48.9 Å². The molecule has 0 bridgehead atoms. The molecule has 1 fully saturated rings. The topological polar surface area (TPSA) is 97.9 Å². The average molecular weight is 416 g/mol. The lowest BCUT2D eigenvalue weighted by Crippen LogP contribution is -2.50. The van der Waals surface area contributed by atoms with E-state index in [9.17, 15) is 9.90 Å². The van der Waals surface area contributed by atoms with Gasteiger partial charge in [-0.1, -0.05) is 6.07 Å². The van der Waals surface area contributed by atoms with Crippen molar-refractivity contribution in [2.24, 2.45) is 14.1 Å². The second-order valence-corrected chi connectivity index (χ2v) is 8.16. The molecule has 0 radical (unpaired) electrons. The van der Waals surface area contributed by atoms with Crippen LogP contribution < -0.4 is 5.32 Å². The molecular formula is C23H24N6O2. The molecule has 0 aliphatic heterocycles. The minimum Gasteiger partial charge on any atom is -0.391 e. The summed E-state index contributed by atoms with van der Waals surface area (Å²) in [5, 5.41) is 18.1. The number of carbonyl (C=O) groups excluding carboxylic acids is 1. The quantitative estimate of drug-likeness (QED) is 0.520. The average Bonchev–Trinajstić information content (AvgIpc) is 3.37. The third kappa shape index (κ3) is 3.70. The summed E-state index contributed by atoms with van der Waals surface area (Å²) in [6.07, 6.45) is 7.37. The first kappa shape index (κ1) is 19.4. The van der Waals surface area contributed by atoms with E-state index in [1.165, 1.54) is 0 Å². The molecule has 31 heavy (non-hydrogen) atoms. The van der Waals surface area contributed by atoms with Crippen LogP contribution in [0.3, 0.4) is 0 Å². The Labute approximate surface area is 179 Å². The highest BCUT2D eigenvalue weighted by atomic mass is 16.3. The van der Waals surface area contributed by atoms with Crippen LogP contribution in [0.2, 0.25) is 0 Å². The van der Waals surface area contributed by atoms with E-state index in [2.05, 4.69) is 20.4 Å². The summed E-state index contributed by atoms with van der Waals surface area (Å²) in [5.41, 5.74) is 4.83. The Morgan fingerprint density at radius 1 is 1.16 bits per heavy atom. The van der Waals surface area contributed by atoms with E-state index in [0.717, 1.165) is 46.4 Å². The predicted octanol–water partition coefficient (Wildman–Crippen LogP) is 2.21. The molecule has 0 unspecified atom stereocenters. The molecule has 1 aliphatic carbocycles. The fraction of sp³-hybridized carbons (Fsp3) is 0.304. The van der Waals surface area contributed by atoms with Crippen molar-refractivity contribution >= 4 is 16.9 Å². The van der Waals surface area contributed by atoms with Crippen molar-refractivity contribution in [2.75, 3.05) is 0 Å². The van der Waals surface area contributed by atoms with Crippen LogP contribution in [-0.2, 0) is 20.5 Å². The number of aryl methyl sites for hydroxylation is 2. The molecule has 1 amide bonds. The van der Waals surface area contributed by atoms with Crippen LogP contribution in [0, 0.1) is 0 Å². The number of amides is 1. The van der Waals surface area contributed by atoms with E-state index in [4.69, 9.17) is 0 Å². The number of hydrogen-bond acceptors (Lipinski definition) is 5. The lowest BCUT2D eigenvalue weighted by Gasteiger charge is -2.32. The molecule has 1 saturated carbocycles. The molecule has 0 aromatic carbocycles. The second-order valence-electron chi connectivity index (χ2n) is 8.16. The van der Waals surface area contributed by atoms with Crippen molar-refractivity contribution in [3.63, 3.8) is 0 Å². The van der Waals surface area contributed by atoms with Gasteiger partial charge < -0.3 is 15.0 Å². The number of rotatable bonds is 5. The molecule has 8 nitrogen and oxygen atoms in total. The Hall–Kier alpha value is -3.52. The Morgan fingerprint density at radius 2 is 2.03 bits per heavy atom. The number of aromatic nitrogens is 5. The van der Waals surface area contributed by atoms with Gasteiger partial charge in [-0.3, -0.25) is 14.5 Å². The molecule has 0 saturated heterocycles. The van der Waals surface area contributed by atoms with Crippen molar-refractivity contribution < 1.29 is 9.90 Å². The zero-order chi connectivity index (χ0) is 21.5. The van der Waals surface area contributed by atoms with Gasteiger partial charge in [0.1, 0.15) is 17.0 Å². The molecule has 4 aromatic heterocycles. The van der Waals surface area contributed by atoms with E-state index in [1.807, 2.05) is 67.6 Å². The third-order valence-electron chi connectivity index (χ3n) is 5.91. The largest absolute Gasteiger partial charge is 0.391 e. The SMILES string of the molecule is Cn1ccc(-c2ccc(Cc3cc(C(=O)N[C@H]4CC[C@@H]4O)nc4c3ccn4C)cn2)n1. The number of aliphatic hydroxyl groups excluding tert-OH is 1. The summed E-state index contributed by atoms with van der Waals surface area (Å²) in [6.45, 7) is 0. The maximum atomic E-state index is 12.8. The lowest BCUT2D eigenvalue weighted by atomic mass is 9.89. The number of nitrogens with zero attached hydrogens (tertiary/aromatic N) is 5. The summed E-state index contributed by atoms with van der Waals surface area (Å²) in [7, 11) is 3.80. The van der Waals surface area contributed by atoms with Crippen LogP contribution in [-0.4, -0.2) is 47.5 Å². The smallest absolute Gasteiger partial charge is 0.270 e. The number of hydrogen-bond donors (Lipinski definition) is 2. The molecule has 4 heterocycles. The first-order valence-corrected chi connectivity index (χ1v) is 10.4. The summed E-state index contributed by atoms with van der Waals surface area (Å²) < 4.78 is 3.67. The highest BCUT2D eigenvalue weighted by molar-refractivity contribution is 5.96. The Bertz CT molecular complexity index is 1260. The zero-order valence-corrected chi connectivity index (χ0v) is 17.5. The molecule has 1 aliphatic rings. The van der Waals surface area contributed by atoms with E-state index >= 15 is 0 Å². The Morgan fingerprint density at radius 3 is 2.68 bits per heavy atom. The van der Waals surface area contributed by atoms with Crippen molar-refractivity contribution in [2.45, 2.75) is 31.4 Å². The van der Waals surface area contributed by atoms with Crippen LogP contribution in [0.1, 0.15) is 34.5 Å². The predicted molar refractivity (Wildman–Crippen MR) is 116 cm³/mol. The minimum absolute atomic E-state index is 0.190. The van der Waals surface area contributed by atoms with Gasteiger partial charge in [-0.05, 0) is 54.7 Å². The number of aliphatic hydroxyl groups is 1. The van der Waals surface area contributed by atoms with Gasteiger partial charge in [0, 0.05) is 38.1 Å². The van der Waals surface area contributed by atoms with E-state index < -0.39 is 6.10 Å². The summed E-state index contributed by atoms with van der Waals surface area (Å²) in [5.74, 6) is -0.253. The first-order chi connectivity index (χ1) is 15.0. The van der Waals surface area contributed by atoms with Gasteiger partial charge in [0.05, 0.1) is 17.8 Å². The molecule has 8 heteroatoms. The number of carbonyl (C=O) groups is 1. The lowest BCUT2D eigenvalue weighted by molar-refractivity contribution is 0.0445. The molecular weight excluding hydrogens is 392 g/mol. The fourth-order valence-corrected chi connectivity index (χ4v) is 3.91. The number of nitrogens with one attached hydrogen (secondary N) is 1. The fourth-order valence-electron chi connectivity index (χ4n) is 3.91. The normalized spacial score (nSPS) is 18.2. The van der Waals surface area contributed by atoms with E-state index in [1.54, 1.807) is 4.68 Å². The van der Waals surface area contributed by atoms with E-state index in [0.29, 0.717) is 12.1 Å². The Kier molecular flexibility index (Phi) is 4.78. The molecule has 158 valence electrons. The second kappa shape index (κ2) is 7.63. The minimum atomic E-state index is -0.467. The van der Waals surface area contributed by atoms with E-state index in [-0.39, 0.29) is 11.9 Å². The van der Waals surface area contributed by atoms with Crippen LogP contribution in [0.4, 0.5) is 0 Å². The van der Waals surface area contributed by atoms with Gasteiger partial charge in [-0.2, -0.15) is 5.10 Å². The number of pyridine rings is 2. The summed E-state index contributed by atoms with van der Waals surface area (Å²) in [6, 6.07) is 9.61. The van der Waals surface area contributed by atoms with Gasteiger partial charge in [0.25, 0.3) is 5.91 Å². The highest BCUT2D eigenvalue weighted by Crippen LogP contribution is 2.24. The van der Waals surface area contributed by atoms with Crippen LogP contribution in [0.25, 0.3) is 22.4 Å². The monoisotopic (exact) mass is 416 g/mol.